The van der Waals surface area contributed by atoms with E-state index >= 15 is 0 Å². The molecule has 0 aromatic heterocycles. The lowest BCUT2D eigenvalue weighted by Gasteiger charge is -2.20. The van der Waals surface area contributed by atoms with Crippen molar-refractivity contribution in [1.29, 1.82) is 0 Å². The molecule has 26 heavy (non-hydrogen) atoms. The minimum Gasteiger partial charge on any atom is -0.497 e. The highest BCUT2D eigenvalue weighted by atomic mass is 16.5. The quantitative estimate of drug-likeness (QED) is 0.570. The van der Waals surface area contributed by atoms with Gasteiger partial charge in [0.25, 0.3) is 11.8 Å². The van der Waals surface area contributed by atoms with Crippen LogP contribution in [0, 0.1) is 0 Å². The predicted octanol–water partition coefficient (Wildman–Crippen LogP) is 1.41. The van der Waals surface area contributed by atoms with E-state index < -0.39 is 5.91 Å². The van der Waals surface area contributed by atoms with Gasteiger partial charge in [0.1, 0.15) is 12.3 Å². The Morgan fingerprint density at radius 2 is 1.81 bits per heavy atom. The second-order valence-electron chi connectivity index (χ2n) is 5.75. The lowest BCUT2D eigenvalue weighted by molar-refractivity contribution is -0.116. The zero-order valence-electron chi connectivity index (χ0n) is 14.0. The molecule has 0 fully saturated rings. The van der Waals surface area contributed by atoms with Crippen LogP contribution in [0.15, 0.2) is 42.5 Å². The summed E-state index contributed by atoms with van der Waals surface area (Å²) in [6, 6.07) is 11.2. The molecule has 3 N–H and O–H groups in total. The first-order valence-corrected chi connectivity index (χ1v) is 7.82. The maximum absolute atomic E-state index is 12.8. The van der Waals surface area contributed by atoms with Crippen molar-refractivity contribution in [2.24, 2.45) is 0 Å². The molecular weight excluding hydrogens is 338 g/mol. The summed E-state index contributed by atoms with van der Waals surface area (Å²) in [5.74, 6) is -0.686. The van der Waals surface area contributed by atoms with Crippen LogP contribution < -0.4 is 15.5 Å². The molecule has 8 nitrogen and oxygen atoms in total. The number of carbonyl (C=O) groups excluding carboxylic acids is 3. The fourth-order valence-corrected chi connectivity index (χ4v) is 2.74. The Labute approximate surface area is 149 Å². The van der Waals surface area contributed by atoms with Crippen LogP contribution in [0.1, 0.15) is 26.3 Å². The third-order valence-corrected chi connectivity index (χ3v) is 4.06. The highest BCUT2D eigenvalue weighted by Crippen LogP contribution is 2.24. The van der Waals surface area contributed by atoms with E-state index in [0.717, 1.165) is 0 Å². The van der Waals surface area contributed by atoms with Crippen LogP contribution in [0.2, 0.25) is 0 Å². The van der Waals surface area contributed by atoms with Crippen LogP contribution in [0.25, 0.3) is 0 Å². The molecule has 0 bridgehead atoms. The van der Waals surface area contributed by atoms with E-state index in [1.165, 1.54) is 24.1 Å². The van der Waals surface area contributed by atoms with Gasteiger partial charge in [0, 0.05) is 23.4 Å². The number of amides is 3. The van der Waals surface area contributed by atoms with Crippen molar-refractivity contribution >= 4 is 23.4 Å². The molecule has 3 amide bonds. The molecule has 0 aliphatic carbocycles. The molecule has 2 aromatic carbocycles. The van der Waals surface area contributed by atoms with E-state index in [2.05, 4.69) is 5.32 Å². The maximum atomic E-state index is 12.8. The van der Waals surface area contributed by atoms with E-state index in [0.29, 0.717) is 22.6 Å². The third-order valence-electron chi connectivity index (χ3n) is 4.06. The van der Waals surface area contributed by atoms with E-state index in [9.17, 15) is 14.4 Å². The van der Waals surface area contributed by atoms with Gasteiger partial charge >= 0.3 is 0 Å². The summed E-state index contributed by atoms with van der Waals surface area (Å²) < 4.78 is 5.08. The van der Waals surface area contributed by atoms with Gasteiger partial charge in [0.05, 0.1) is 7.11 Å². The summed E-state index contributed by atoms with van der Waals surface area (Å²) in [6.45, 7) is 0.0343. The fraction of sp³-hybridized carbons (Fsp3) is 0.167. The average molecular weight is 355 g/mol. The van der Waals surface area contributed by atoms with E-state index in [1.54, 1.807) is 35.8 Å². The summed E-state index contributed by atoms with van der Waals surface area (Å²) in [4.78, 5) is 37.9. The van der Waals surface area contributed by atoms with Gasteiger partial charge in [-0.05, 0) is 48.0 Å². The van der Waals surface area contributed by atoms with E-state index in [-0.39, 0.29) is 30.5 Å². The molecule has 0 saturated heterocycles. The second kappa shape index (κ2) is 7.24. The highest BCUT2D eigenvalue weighted by Gasteiger charge is 2.25. The van der Waals surface area contributed by atoms with Crippen LogP contribution in [-0.4, -0.2) is 41.5 Å². The molecular formula is C18H17N3O5. The average Bonchev–Trinajstić information content (AvgIpc) is 2.84. The van der Waals surface area contributed by atoms with Gasteiger partial charge in [-0.1, -0.05) is 0 Å². The summed E-state index contributed by atoms with van der Waals surface area (Å²) in [5, 5.41) is 11.5. The number of nitrogens with one attached hydrogen (secondary N) is 2. The molecule has 1 aliphatic heterocycles. The third kappa shape index (κ3) is 3.50. The molecule has 0 radical (unpaired) electrons. The largest absolute Gasteiger partial charge is 0.497 e. The smallest absolute Gasteiger partial charge is 0.274 e. The summed E-state index contributed by atoms with van der Waals surface area (Å²) in [5.41, 5.74) is 3.33. The molecule has 1 heterocycles. The van der Waals surface area contributed by atoms with Crippen molar-refractivity contribution in [2.45, 2.75) is 6.54 Å². The molecule has 0 atom stereocenters. The van der Waals surface area contributed by atoms with Gasteiger partial charge in [-0.3, -0.25) is 19.6 Å². The van der Waals surface area contributed by atoms with Gasteiger partial charge in [-0.15, -0.1) is 0 Å². The van der Waals surface area contributed by atoms with Crippen LogP contribution in [0.5, 0.6) is 5.75 Å². The number of nitrogens with zero attached hydrogens (tertiary/aromatic N) is 1. The number of hydrogen-bond donors (Lipinski definition) is 3. The molecule has 3 rings (SSSR count). The Hall–Kier alpha value is -3.39. The summed E-state index contributed by atoms with van der Waals surface area (Å²) in [6.07, 6.45) is 0. The van der Waals surface area contributed by atoms with Gasteiger partial charge in [-0.2, -0.15) is 0 Å². The molecule has 1 aliphatic rings. The van der Waals surface area contributed by atoms with Crippen molar-refractivity contribution in [2.75, 3.05) is 19.0 Å². The minimum absolute atomic E-state index is 0.110. The molecule has 8 heteroatoms. The van der Waals surface area contributed by atoms with Gasteiger partial charge in [-0.25, -0.2) is 5.48 Å². The number of ether oxygens (including phenoxy) is 1. The van der Waals surface area contributed by atoms with Crippen molar-refractivity contribution < 1.29 is 24.3 Å². The van der Waals surface area contributed by atoms with Crippen LogP contribution in [0.3, 0.4) is 0 Å². The summed E-state index contributed by atoms with van der Waals surface area (Å²) >= 11 is 0. The monoisotopic (exact) mass is 355 g/mol. The highest BCUT2D eigenvalue weighted by molar-refractivity contribution is 6.01. The molecule has 0 spiro atoms. The number of benzene rings is 2. The first-order chi connectivity index (χ1) is 12.5. The standard InChI is InChI=1S/C18H17N3O5/c1-26-14-5-2-11(3-6-14)18(24)21-9-13-8-12(17(23)20-25)4-7-15(13)19-16(22)10-21/h2-8,25H,9-10H2,1H3,(H,19,22)(H,20,23). The number of carbonyl (C=O) groups is 3. The Morgan fingerprint density at radius 1 is 1.12 bits per heavy atom. The number of hydrogen-bond acceptors (Lipinski definition) is 5. The Bertz CT molecular complexity index is 864. The summed E-state index contributed by atoms with van der Waals surface area (Å²) in [7, 11) is 1.53. The number of fused-ring (bicyclic) bond motifs is 1. The number of rotatable bonds is 3. The SMILES string of the molecule is COc1ccc(C(=O)N2CC(=O)Nc3ccc(C(=O)NO)cc3C2)cc1. The Kier molecular flexibility index (Phi) is 4.85. The van der Waals surface area contributed by atoms with Crippen LogP contribution in [0.4, 0.5) is 5.69 Å². The number of hydroxylamine groups is 1. The van der Waals surface area contributed by atoms with Gasteiger partial charge in [0.2, 0.25) is 5.91 Å². The van der Waals surface area contributed by atoms with Crippen molar-refractivity contribution in [3.63, 3.8) is 0 Å². The number of anilines is 1. The number of methoxy groups -OCH3 is 1. The Morgan fingerprint density at radius 3 is 2.46 bits per heavy atom. The topological polar surface area (TPSA) is 108 Å². The van der Waals surface area contributed by atoms with Gasteiger partial charge in [0.15, 0.2) is 0 Å². The zero-order chi connectivity index (χ0) is 18.7. The Balaban J connectivity index is 1.90. The molecule has 0 saturated carbocycles. The normalized spacial score (nSPS) is 13.3. The van der Waals surface area contributed by atoms with Crippen molar-refractivity contribution in [3.8, 4) is 5.75 Å². The first kappa shape index (κ1) is 17.4. The minimum atomic E-state index is -0.670. The van der Waals surface area contributed by atoms with E-state index in [1.807, 2.05) is 0 Å². The molecule has 134 valence electrons. The van der Waals surface area contributed by atoms with Crippen LogP contribution in [-0.2, 0) is 11.3 Å². The van der Waals surface area contributed by atoms with E-state index in [4.69, 9.17) is 9.94 Å². The predicted molar refractivity (Wildman–Crippen MR) is 92.1 cm³/mol. The van der Waals surface area contributed by atoms with Crippen LogP contribution >= 0.6 is 0 Å². The zero-order valence-corrected chi connectivity index (χ0v) is 14.0. The lowest BCUT2D eigenvalue weighted by Crippen LogP contribution is -2.35. The maximum Gasteiger partial charge on any atom is 0.274 e. The fourth-order valence-electron chi connectivity index (χ4n) is 2.74. The van der Waals surface area contributed by atoms with Crippen molar-refractivity contribution in [3.05, 3.63) is 59.2 Å². The lowest BCUT2D eigenvalue weighted by atomic mass is 10.1. The molecule has 0 unspecified atom stereocenters. The first-order valence-electron chi connectivity index (χ1n) is 7.82. The van der Waals surface area contributed by atoms with Gasteiger partial charge < -0.3 is 15.0 Å². The molecule has 2 aromatic rings. The second-order valence-corrected chi connectivity index (χ2v) is 5.75. The van der Waals surface area contributed by atoms with Crippen molar-refractivity contribution in [1.82, 2.24) is 10.4 Å².